The second kappa shape index (κ2) is 10.7. The lowest BCUT2D eigenvalue weighted by atomic mass is 9.77. The van der Waals surface area contributed by atoms with Gasteiger partial charge in [0.15, 0.2) is 0 Å². The van der Waals surface area contributed by atoms with Crippen molar-refractivity contribution < 1.29 is 4.74 Å². The minimum Gasteiger partial charge on any atom is -0.497 e. The summed E-state index contributed by atoms with van der Waals surface area (Å²) < 4.78 is 5.26. The van der Waals surface area contributed by atoms with Crippen molar-refractivity contribution >= 4 is 0 Å². The minimum atomic E-state index is 0.784. The molecular weight excluding hydrogens is 280 g/mol. The van der Waals surface area contributed by atoms with E-state index >= 15 is 0 Å². The van der Waals surface area contributed by atoms with E-state index < -0.39 is 0 Å². The van der Waals surface area contributed by atoms with E-state index in [2.05, 4.69) is 31.2 Å². The molecule has 1 saturated carbocycles. The highest BCUT2D eigenvalue weighted by atomic mass is 16.5. The molecule has 0 saturated heterocycles. The van der Waals surface area contributed by atoms with Crippen LogP contribution in [0.5, 0.6) is 5.75 Å². The molecule has 0 atom stereocenters. The van der Waals surface area contributed by atoms with Gasteiger partial charge in [-0.15, -0.1) is 0 Å². The molecule has 0 amide bonds. The average molecular weight is 317 g/mol. The fourth-order valence-corrected chi connectivity index (χ4v) is 4.05. The van der Waals surface area contributed by atoms with E-state index in [4.69, 9.17) is 4.74 Å². The first-order valence-electron chi connectivity index (χ1n) is 9.97. The van der Waals surface area contributed by atoms with Crippen LogP contribution in [-0.4, -0.2) is 7.11 Å². The van der Waals surface area contributed by atoms with Crippen molar-refractivity contribution in [3.63, 3.8) is 0 Å². The van der Waals surface area contributed by atoms with Gasteiger partial charge in [0.25, 0.3) is 0 Å². The van der Waals surface area contributed by atoms with E-state index in [1.54, 1.807) is 7.11 Å². The Hall–Kier alpha value is -0.980. The first-order chi connectivity index (χ1) is 11.3. The van der Waals surface area contributed by atoms with Crippen LogP contribution in [0.15, 0.2) is 24.3 Å². The Kier molecular flexibility index (Phi) is 8.57. The molecule has 0 heterocycles. The van der Waals surface area contributed by atoms with Crippen LogP contribution < -0.4 is 4.74 Å². The summed E-state index contributed by atoms with van der Waals surface area (Å²) in [6.07, 6.45) is 17.2. The van der Waals surface area contributed by atoms with Gasteiger partial charge in [-0.2, -0.15) is 0 Å². The van der Waals surface area contributed by atoms with Gasteiger partial charge in [0.2, 0.25) is 0 Å². The van der Waals surface area contributed by atoms with Crippen LogP contribution in [-0.2, 0) is 0 Å². The standard InChI is InChI=1S/C22H36O/c1-3-4-5-6-7-8-9-10-19-11-13-20(14-12-19)21-15-17-22(23-2)18-16-21/h15-20H,3-14H2,1-2H3. The zero-order valence-corrected chi connectivity index (χ0v) is 15.4. The van der Waals surface area contributed by atoms with Gasteiger partial charge >= 0.3 is 0 Å². The maximum Gasteiger partial charge on any atom is 0.118 e. The summed E-state index contributed by atoms with van der Waals surface area (Å²) in [7, 11) is 1.74. The summed E-state index contributed by atoms with van der Waals surface area (Å²) in [4.78, 5) is 0. The Labute approximate surface area is 143 Å². The molecule has 0 unspecified atom stereocenters. The zero-order chi connectivity index (χ0) is 16.3. The molecule has 130 valence electrons. The van der Waals surface area contributed by atoms with Gasteiger partial charge in [-0.3, -0.25) is 0 Å². The van der Waals surface area contributed by atoms with Crippen LogP contribution in [0.1, 0.15) is 95.5 Å². The molecule has 1 nitrogen and oxygen atoms in total. The maximum atomic E-state index is 5.26. The summed E-state index contributed by atoms with van der Waals surface area (Å²) in [5, 5.41) is 0. The van der Waals surface area contributed by atoms with Gasteiger partial charge in [-0.1, -0.05) is 70.4 Å². The van der Waals surface area contributed by atoms with E-state index in [-0.39, 0.29) is 0 Å². The number of benzene rings is 1. The smallest absolute Gasteiger partial charge is 0.118 e. The summed E-state index contributed by atoms with van der Waals surface area (Å²) in [5.41, 5.74) is 1.51. The number of hydrogen-bond donors (Lipinski definition) is 0. The molecule has 1 heteroatoms. The molecule has 0 spiro atoms. The van der Waals surface area contributed by atoms with Crippen LogP contribution in [0, 0.1) is 5.92 Å². The summed E-state index contributed by atoms with van der Waals surface area (Å²) in [5.74, 6) is 2.76. The fraction of sp³-hybridized carbons (Fsp3) is 0.727. The van der Waals surface area contributed by atoms with Crippen molar-refractivity contribution in [1.82, 2.24) is 0 Å². The lowest BCUT2D eigenvalue weighted by Crippen LogP contribution is -2.13. The molecule has 1 fully saturated rings. The largest absolute Gasteiger partial charge is 0.497 e. The third-order valence-electron chi connectivity index (χ3n) is 5.65. The van der Waals surface area contributed by atoms with Crippen molar-refractivity contribution in [3.8, 4) is 5.75 Å². The molecule has 1 aromatic carbocycles. The van der Waals surface area contributed by atoms with E-state index in [9.17, 15) is 0 Å². The van der Waals surface area contributed by atoms with Gasteiger partial charge in [0, 0.05) is 0 Å². The van der Waals surface area contributed by atoms with E-state index in [0.717, 1.165) is 17.6 Å². The number of hydrogen-bond acceptors (Lipinski definition) is 1. The molecule has 23 heavy (non-hydrogen) atoms. The molecule has 1 aliphatic rings. The van der Waals surface area contributed by atoms with Crippen LogP contribution in [0.4, 0.5) is 0 Å². The van der Waals surface area contributed by atoms with E-state index in [1.165, 1.54) is 82.6 Å². The topological polar surface area (TPSA) is 9.23 Å². The molecule has 0 aliphatic heterocycles. The van der Waals surface area contributed by atoms with Gasteiger partial charge in [0.05, 0.1) is 7.11 Å². The van der Waals surface area contributed by atoms with Gasteiger partial charge in [-0.05, 0) is 55.2 Å². The molecular formula is C22H36O. The van der Waals surface area contributed by atoms with E-state index in [0.29, 0.717) is 0 Å². The Morgan fingerprint density at radius 1 is 0.826 bits per heavy atom. The first-order valence-corrected chi connectivity index (χ1v) is 9.97. The predicted octanol–water partition coefficient (Wildman–Crippen LogP) is 7.11. The molecule has 1 aromatic rings. The Morgan fingerprint density at radius 2 is 1.43 bits per heavy atom. The highest BCUT2D eigenvalue weighted by molar-refractivity contribution is 5.29. The van der Waals surface area contributed by atoms with Crippen LogP contribution in [0.3, 0.4) is 0 Å². The highest BCUT2D eigenvalue weighted by Gasteiger charge is 2.21. The average Bonchev–Trinajstić information content (AvgIpc) is 2.61. The third-order valence-corrected chi connectivity index (χ3v) is 5.65. The predicted molar refractivity (Wildman–Crippen MR) is 100 cm³/mol. The SMILES string of the molecule is CCCCCCCCCC1CCC(c2ccc(OC)cc2)CC1. The minimum absolute atomic E-state index is 0.784. The Balaban J connectivity index is 1.58. The summed E-state index contributed by atoms with van der Waals surface area (Å²) >= 11 is 0. The second-order valence-corrected chi connectivity index (χ2v) is 7.40. The van der Waals surface area contributed by atoms with Gasteiger partial charge < -0.3 is 4.74 Å². The van der Waals surface area contributed by atoms with Gasteiger partial charge in [-0.25, -0.2) is 0 Å². The Morgan fingerprint density at radius 3 is 2.04 bits per heavy atom. The van der Waals surface area contributed by atoms with Gasteiger partial charge in [0.1, 0.15) is 5.75 Å². The zero-order valence-electron chi connectivity index (χ0n) is 15.4. The summed E-state index contributed by atoms with van der Waals surface area (Å²) in [6.45, 7) is 2.29. The normalized spacial score (nSPS) is 21.3. The number of ether oxygens (including phenoxy) is 1. The highest BCUT2D eigenvalue weighted by Crippen LogP contribution is 2.38. The quantitative estimate of drug-likeness (QED) is 0.418. The third kappa shape index (κ3) is 6.57. The molecule has 2 rings (SSSR count). The molecule has 0 bridgehead atoms. The summed E-state index contributed by atoms with van der Waals surface area (Å²) in [6, 6.07) is 8.75. The van der Waals surface area contributed by atoms with Crippen molar-refractivity contribution in [2.24, 2.45) is 5.92 Å². The van der Waals surface area contributed by atoms with Crippen LogP contribution in [0.2, 0.25) is 0 Å². The van der Waals surface area contributed by atoms with Crippen LogP contribution >= 0.6 is 0 Å². The Bertz CT molecular complexity index is 400. The van der Waals surface area contributed by atoms with Crippen molar-refractivity contribution in [2.45, 2.75) is 89.9 Å². The number of methoxy groups -OCH3 is 1. The number of unbranched alkanes of at least 4 members (excludes halogenated alkanes) is 6. The lowest BCUT2D eigenvalue weighted by Gasteiger charge is -2.29. The van der Waals surface area contributed by atoms with Crippen LogP contribution in [0.25, 0.3) is 0 Å². The number of rotatable bonds is 10. The first kappa shape index (κ1) is 18.4. The molecule has 0 N–H and O–H groups in total. The lowest BCUT2D eigenvalue weighted by molar-refractivity contribution is 0.301. The monoisotopic (exact) mass is 316 g/mol. The van der Waals surface area contributed by atoms with Crippen molar-refractivity contribution in [3.05, 3.63) is 29.8 Å². The molecule has 0 aromatic heterocycles. The fourth-order valence-electron chi connectivity index (χ4n) is 4.05. The van der Waals surface area contributed by atoms with E-state index in [1.807, 2.05) is 0 Å². The maximum absolute atomic E-state index is 5.26. The van der Waals surface area contributed by atoms with Crippen molar-refractivity contribution in [2.75, 3.05) is 7.11 Å². The second-order valence-electron chi connectivity index (χ2n) is 7.40. The van der Waals surface area contributed by atoms with Crippen molar-refractivity contribution in [1.29, 1.82) is 0 Å². The molecule has 1 aliphatic carbocycles. The molecule has 0 radical (unpaired) electrons.